The second-order valence-corrected chi connectivity index (χ2v) is 7.64. The number of aryl methyl sites for hydroxylation is 2. The lowest BCUT2D eigenvalue weighted by molar-refractivity contribution is 0.395. The van der Waals surface area contributed by atoms with Crippen molar-refractivity contribution in [3.05, 3.63) is 5.69 Å². The summed E-state index contributed by atoms with van der Waals surface area (Å²) in [5.74, 6) is 0.357. The molecule has 2 aromatic heterocycles. The van der Waals surface area contributed by atoms with Crippen LogP contribution in [0, 0.1) is 6.92 Å². The van der Waals surface area contributed by atoms with E-state index < -0.39 is 15.6 Å². The van der Waals surface area contributed by atoms with Gasteiger partial charge in [0.2, 0.25) is 16.0 Å². The van der Waals surface area contributed by atoms with Gasteiger partial charge < -0.3 is 5.73 Å². The molecular formula is C12H22N6O2S. The van der Waals surface area contributed by atoms with Gasteiger partial charge in [0.25, 0.3) is 0 Å². The van der Waals surface area contributed by atoms with Crippen molar-refractivity contribution in [1.29, 1.82) is 0 Å². The Kier molecular flexibility index (Phi) is 3.75. The summed E-state index contributed by atoms with van der Waals surface area (Å²) in [4.78, 5) is 4.34. The van der Waals surface area contributed by atoms with Crippen LogP contribution in [0.4, 0.5) is 5.95 Å². The zero-order valence-electron chi connectivity index (χ0n) is 13.0. The van der Waals surface area contributed by atoms with Gasteiger partial charge in [-0.3, -0.25) is 4.57 Å². The van der Waals surface area contributed by atoms with Gasteiger partial charge in [-0.05, 0) is 27.7 Å². The van der Waals surface area contributed by atoms with E-state index in [1.54, 1.807) is 18.4 Å². The average Bonchev–Trinajstić information content (AvgIpc) is 2.75. The highest BCUT2D eigenvalue weighted by molar-refractivity contribution is 7.88. The lowest BCUT2D eigenvalue weighted by Crippen LogP contribution is -2.46. The van der Waals surface area contributed by atoms with Gasteiger partial charge in [-0.1, -0.05) is 0 Å². The maximum Gasteiger partial charge on any atom is 0.209 e. The lowest BCUT2D eigenvalue weighted by atomic mass is 10.1. The number of fused-ring (bicyclic) bond motifs is 1. The van der Waals surface area contributed by atoms with Crippen molar-refractivity contribution in [3.8, 4) is 0 Å². The summed E-state index contributed by atoms with van der Waals surface area (Å²) in [7, 11) is -3.31. The molecule has 8 nitrogen and oxygen atoms in total. The number of nitrogen functional groups attached to an aromatic ring is 1. The van der Waals surface area contributed by atoms with Crippen LogP contribution < -0.4 is 10.5 Å². The van der Waals surface area contributed by atoms with E-state index in [0.29, 0.717) is 19.0 Å². The third-order valence-electron chi connectivity index (χ3n) is 3.14. The molecule has 0 aliphatic carbocycles. The summed E-state index contributed by atoms with van der Waals surface area (Å²) in [6.45, 7) is 8.53. The highest BCUT2D eigenvalue weighted by Crippen LogP contribution is 2.23. The van der Waals surface area contributed by atoms with Gasteiger partial charge in [-0.25, -0.2) is 22.8 Å². The van der Waals surface area contributed by atoms with E-state index in [2.05, 4.69) is 14.8 Å². The third kappa shape index (κ3) is 3.18. The number of nitrogens with two attached hydrogens (primary N) is 1. The van der Waals surface area contributed by atoms with E-state index in [-0.39, 0.29) is 0 Å². The number of imidazole rings is 1. The first-order valence-corrected chi connectivity index (χ1v) is 8.61. The summed E-state index contributed by atoms with van der Waals surface area (Å²) >= 11 is 0. The monoisotopic (exact) mass is 314 g/mol. The van der Waals surface area contributed by atoms with Crippen molar-refractivity contribution >= 4 is 27.1 Å². The van der Waals surface area contributed by atoms with E-state index in [1.807, 2.05) is 18.5 Å². The van der Waals surface area contributed by atoms with Gasteiger partial charge in [0.15, 0.2) is 5.65 Å². The first kappa shape index (κ1) is 15.8. The molecule has 9 heteroatoms. The molecule has 0 saturated heterocycles. The number of sulfonamides is 1. The van der Waals surface area contributed by atoms with Crippen LogP contribution in [0.3, 0.4) is 0 Å². The number of nitrogens with one attached hydrogen (secondary N) is 1. The highest BCUT2D eigenvalue weighted by atomic mass is 32.2. The van der Waals surface area contributed by atoms with Crippen molar-refractivity contribution in [2.24, 2.45) is 0 Å². The number of nitrogens with zero attached hydrogens (tertiary/aromatic N) is 4. The Morgan fingerprint density at radius 1 is 1.38 bits per heavy atom. The SMILES string of the molecule is CCn1nc(C)c2nc(N)n(CC(C)(C)NS(C)(=O)=O)c21. The molecule has 21 heavy (non-hydrogen) atoms. The molecule has 118 valence electrons. The largest absolute Gasteiger partial charge is 0.369 e. The van der Waals surface area contributed by atoms with Crippen LogP contribution in [-0.4, -0.2) is 39.5 Å². The molecule has 0 unspecified atom stereocenters. The van der Waals surface area contributed by atoms with Gasteiger partial charge in [-0.2, -0.15) is 5.10 Å². The van der Waals surface area contributed by atoms with Crippen LogP contribution >= 0.6 is 0 Å². The molecule has 0 bridgehead atoms. The molecule has 2 aromatic rings. The normalized spacial score (nSPS) is 13.2. The molecule has 0 amide bonds. The summed E-state index contributed by atoms with van der Waals surface area (Å²) in [6.07, 6.45) is 1.14. The number of aromatic nitrogens is 4. The van der Waals surface area contributed by atoms with Gasteiger partial charge in [0, 0.05) is 18.6 Å². The zero-order chi connectivity index (χ0) is 16.0. The van der Waals surface area contributed by atoms with Crippen LogP contribution in [0.2, 0.25) is 0 Å². The maximum atomic E-state index is 11.5. The van der Waals surface area contributed by atoms with Crippen molar-refractivity contribution in [2.45, 2.75) is 46.3 Å². The summed E-state index contributed by atoms with van der Waals surface area (Å²) in [5, 5.41) is 4.41. The van der Waals surface area contributed by atoms with Crippen molar-refractivity contribution in [1.82, 2.24) is 24.1 Å². The third-order valence-corrected chi connectivity index (χ3v) is 4.07. The van der Waals surface area contributed by atoms with E-state index in [1.165, 1.54) is 0 Å². The fourth-order valence-corrected chi connectivity index (χ4v) is 3.62. The second-order valence-electron chi connectivity index (χ2n) is 5.89. The van der Waals surface area contributed by atoms with Gasteiger partial charge in [-0.15, -0.1) is 0 Å². The number of anilines is 1. The number of rotatable bonds is 5. The zero-order valence-corrected chi connectivity index (χ0v) is 13.8. The molecular weight excluding hydrogens is 292 g/mol. The molecule has 0 aliphatic heterocycles. The van der Waals surface area contributed by atoms with Crippen molar-refractivity contribution in [3.63, 3.8) is 0 Å². The summed E-state index contributed by atoms with van der Waals surface area (Å²) < 4.78 is 29.2. The van der Waals surface area contributed by atoms with Crippen LogP contribution in [0.5, 0.6) is 0 Å². The molecule has 0 atom stereocenters. The van der Waals surface area contributed by atoms with Gasteiger partial charge in [0.05, 0.1) is 11.9 Å². The summed E-state index contributed by atoms with van der Waals surface area (Å²) in [5.41, 5.74) is 7.69. The van der Waals surface area contributed by atoms with Crippen LogP contribution in [0.1, 0.15) is 26.5 Å². The molecule has 0 aliphatic rings. The van der Waals surface area contributed by atoms with E-state index >= 15 is 0 Å². The minimum atomic E-state index is -3.31. The Labute approximate surface area is 124 Å². The Bertz CT molecular complexity index is 771. The molecule has 3 N–H and O–H groups in total. The molecule has 2 heterocycles. The molecule has 0 radical (unpaired) electrons. The minimum absolute atomic E-state index is 0.357. The topological polar surface area (TPSA) is 108 Å². The Morgan fingerprint density at radius 3 is 2.52 bits per heavy atom. The molecule has 0 aromatic carbocycles. The predicted molar refractivity (Wildman–Crippen MR) is 82.4 cm³/mol. The Balaban J connectivity index is 2.49. The Morgan fingerprint density at radius 2 is 2.00 bits per heavy atom. The molecule has 2 rings (SSSR count). The number of hydrogen-bond acceptors (Lipinski definition) is 5. The van der Waals surface area contributed by atoms with Crippen LogP contribution in [0.25, 0.3) is 11.2 Å². The quantitative estimate of drug-likeness (QED) is 0.834. The second kappa shape index (κ2) is 4.99. The van der Waals surface area contributed by atoms with E-state index in [9.17, 15) is 8.42 Å². The fourth-order valence-electron chi connectivity index (χ4n) is 2.55. The van der Waals surface area contributed by atoms with Gasteiger partial charge >= 0.3 is 0 Å². The summed E-state index contributed by atoms with van der Waals surface area (Å²) in [6, 6.07) is 0. The standard InChI is InChI=1S/C12H22N6O2S/c1-6-18-10-9(8(2)15-18)14-11(13)17(10)7-12(3,4)16-21(5,19)20/h16H,6-7H2,1-5H3,(H2,13,14). The smallest absolute Gasteiger partial charge is 0.209 e. The Hall–Kier alpha value is -1.61. The van der Waals surface area contributed by atoms with Crippen LogP contribution in [-0.2, 0) is 23.1 Å². The van der Waals surface area contributed by atoms with E-state index in [4.69, 9.17) is 5.73 Å². The average molecular weight is 314 g/mol. The minimum Gasteiger partial charge on any atom is -0.369 e. The first-order valence-electron chi connectivity index (χ1n) is 6.72. The molecule has 0 saturated carbocycles. The maximum absolute atomic E-state index is 11.5. The number of hydrogen-bond donors (Lipinski definition) is 2. The highest BCUT2D eigenvalue weighted by Gasteiger charge is 2.26. The molecule has 0 fully saturated rings. The first-order chi connectivity index (χ1) is 9.54. The van der Waals surface area contributed by atoms with Gasteiger partial charge in [0.1, 0.15) is 5.52 Å². The van der Waals surface area contributed by atoms with E-state index in [0.717, 1.165) is 23.1 Å². The lowest BCUT2D eigenvalue weighted by Gasteiger charge is -2.26. The van der Waals surface area contributed by atoms with Crippen LogP contribution in [0.15, 0.2) is 0 Å². The molecule has 0 spiro atoms. The van der Waals surface area contributed by atoms with Crippen molar-refractivity contribution < 1.29 is 8.42 Å². The predicted octanol–water partition coefficient (Wildman–Crippen LogP) is 0.471. The fraction of sp³-hybridized carbons (Fsp3) is 0.667. The van der Waals surface area contributed by atoms with Crippen molar-refractivity contribution in [2.75, 3.05) is 12.0 Å².